The van der Waals surface area contributed by atoms with Crippen LogP contribution in [0.2, 0.25) is 0 Å². The van der Waals surface area contributed by atoms with Crippen LogP contribution in [-0.2, 0) is 4.75 Å². The van der Waals surface area contributed by atoms with Gasteiger partial charge in [0, 0.05) is 8.94 Å². The fraction of sp³-hybridized carbons (Fsp3) is 0.500. The van der Waals surface area contributed by atoms with Crippen LogP contribution in [0.4, 0.5) is 0 Å². The summed E-state index contributed by atoms with van der Waals surface area (Å²) in [6.45, 7) is 6.69. The first-order valence-corrected chi connectivity index (χ1v) is 7.06. The smallest absolute Gasteiger partial charge is 0.0486 e. The van der Waals surface area contributed by atoms with Crippen LogP contribution >= 0.6 is 24.0 Å². The van der Waals surface area contributed by atoms with Crippen molar-refractivity contribution < 1.29 is 0 Å². The molecule has 0 amide bonds. The number of benzene rings is 1. The first-order valence-electron chi connectivity index (χ1n) is 5.83. The minimum absolute atomic E-state index is 0.0894. The van der Waals surface area contributed by atoms with Gasteiger partial charge in [0.15, 0.2) is 0 Å². The lowest BCUT2D eigenvalue weighted by Gasteiger charge is -2.24. The molecule has 0 nitrogen and oxygen atoms in total. The normalized spacial score (nSPS) is 11.4. The highest BCUT2D eigenvalue weighted by molar-refractivity contribution is 8.23. The van der Waals surface area contributed by atoms with Crippen molar-refractivity contribution in [3.8, 4) is 0 Å². The number of thiocarbonyl (C=S) groups is 1. The molecule has 1 aromatic rings. The molecule has 0 radical (unpaired) electrons. The molecule has 2 heteroatoms. The molecule has 0 aliphatic rings. The van der Waals surface area contributed by atoms with Crippen LogP contribution in [0, 0.1) is 0 Å². The SMILES string of the molecule is CCCCC(=S)SC(C)(C)c1ccccc1. The highest BCUT2D eigenvalue weighted by atomic mass is 32.2. The van der Waals surface area contributed by atoms with Crippen molar-refractivity contribution in [1.29, 1.82) is 0 Å². The summed E-state index contributed by atoms with van der Waals surface area (Å²) >= 11 is 7.26. The molecule has 0 spiro atoms. The quantitative estimate of drug-likeness (QED) is 0.663. The molecule has 0 bridgehead atoms. The van der Waals surface area contributed by atoms with E-state index >= 15 is 0 Å². The minimum Gasteiger partial charge on any atom is -0.108 e. The Morgan fingerprint density at radius 1 is 1.25 bits per heavy atom. The Morgan fingerprint density at radius 3 is 2.44 bits per heavy atom. The zero-order chi connectivity index (χ0) is 12.0. The lowest BCUT2D eigenvalue weighted by atomic mass is 10.0. The third kappa shape index (κ3) is 4.26. The topological polar surface area (TPSA) is 0 Å². The summed E-state index contributed by atoms with van der Waals surface area (Å²) in [5.74, 6) is 0. The van der Waals surface area contributed by atoms with Crippen LogP contribution in [0.5, 0.6) is 0 Å². The zero-order valence-electron chi connectivity index (χ0n) is 10.3. The molecule has 0 aliphatic carbocycles. The Balaban J connectivity index is 2.61. The minimum atomic E-state index is 0.0894. The van der Waals surface area contributed by atoms with Gasteiger partial charge in [-0.05, 0) is 32.3 Å². The van der Waals surface area contributed by atoms with E-state index in [0.29, 0.717) is 0 Å². The van der Waals surface area contributed by atoms with Crippen LogP contribution in [0.3, 0.4) is 0 Å². The molecule has 0 saturated heterocycles. The number of rotatable bonds is 5. The average Bonchev–Trinajstić information content (AvgIpc) is 2.27. The highest BCUT2D eigenvalue weighted by Crippen LogP contribution is 2.37. The van der Waals surface area contributed by atoms with Gasteiger partial charge in [-0.3, -0.25) is 0 Å². The van der Waals surface area contributed by atoms with Gasteiger partial charge in [-0.25, -0.2) is 0 Å². The Hall–Kier alpha value is -0.340. The van der Waals surface area contributed by atoms with Crippen molar-refractivity contribution in [2.45, 2.75) is 44.8 Å². The van der Waals surface area contributed by atoms with Gasteiger partial charge in [0.05, 0.1) is 0 Å². The Morgan fingerprint density at radius 2 is 1.88 bits per heavy atom. The summed E-state index contributed by atoms with van der Waals surface area (Å²) in [5, 5.41) is 0. The predicted octanol–water partition coefficient (Wildman–Crippen LogP) is 5.17. The second kappa shape index (κ2) is 6.41. The maximum atomic E-state index is 5.43. The third-order valence-corrected chi connectivity index (χ3v) is 4.20. The molecular formula is C14H20S2. The highest BCUT2D eigenvalue weighted by Gasteiger charge is 2.22. The van der Waals surface area contributed by atoms with Crippen LogP contribution < -0.4 is 0 Å². The zero-order valence-corrected chi connectivity index (χ0v) is 12.0. The van der Waals surface area contributed by atoms with E-state index in [1.807, 2.05) is 11.8 Å². The van der Waals surface area contributed by atoms with Crippen molar-refractivity contribution >= 4 is 28.2 Å². The Kier molecular flexibility index (Phi) is 5.50. The van der Waals surface area contributed by atoms with Crippen molar-refractivity contribution in [3.63, 3.8) is 0 Å². The average molecular weight is 252 g/mol. The van der Waals surface area contributed by atoms with Crippen molar-refractivity contribution in [2.75, 3.05) is 0 Å². The van der Waals surface area contributed by atoms with Gasteiger partial charge < -0.3 is 0 Å². The van der Waals surface area contributed by atoms with E-state index in [4.69, 9.17) is 12.2 Å². The summed E-state index contributed by atoms with van der Waals surface area (Å²) in [7, 11) is 0. The van der Waals surface area contributed by atoms with Gasteiger partial charge in [-0.2, -0.15) is 0 Å². The summed E-state index contributed by atoms with van der Waals surface area (Å²) in [6.07, 6.45) is 3.48. The van der Waals surface area contributed by atoms with Crippen LogP contribution in [-0.4, -0.2) is 4.20 Å². The second-order valence-corrected chi connectivity index (χ2v) is 6.92. The van der Waals surface area contributed by atoms with E-state index in [1.54, 1.807) is 0 Å². The molecule has 0 aromatic heterocycles. The van der Waals surface area contributed by atoms with E-state index in [9.17, 15) is 0 Å². The summed E-state index contributed by atoms with van der Waals surface area (Å²) in [5.41, 5.74) is 1.35. The fourth-order valence-corrected chi connectivity index (χ4v) is 3.39. The maximum absolute atomic E-state index is 5.43. The van der Waals surface area contributed by atoms with Gasteiger partial charge in [-0.15, -0.1) is 11.8 Å². The van der Waals surface area contributed by atoms with Crippen molar-refractivity contribution in [3.05, 3.63) is 35.9 Å². The first-order chi connectivity index (χ1) is 7.56. The monoisotopic (exact) mass is 252 g/mol. The third-order valence-electron chi connectivity index (χ3n) is 2.57. The van der Waals surface area contributed by atoms with Gasteiger partial charge in [0.2, 0.25) is 0 Å². The molecule has 1 aromatic carbocycles. The molecule has 0 unspecified atom stereocenters. The Labute approximate surface area is 109 Å². The molecule has 0 fully saturated rings. The fourth-order valence-electron chi connectivity index (χ4n) is 1.56. The van der Waals surface area contributed by atoms with Crippen molar-refractivity contribution in [2.24, 2.45) is 0 Å². The second-order valence-electron chi connectivity index (χ2n) is 4.45. The number of hydrogen-bond donors (Lipinski definition) is 0. The summed E-state index contributed by atoms with van der Waals surface area (Å²) in [4.78, 5) is 0. The molecule has 0 heterocycles. The first kappa shape index (κ1) is 13.7. The van der Waals surface area contributed by atoms with Gasteiger partial charge in [-0.1, -0.05) is 55.9 Å². The maximum Gasteiger partial charge on any atom is 0.0486 e. The largest absolute Gasteiger partial charge is 0.108 e. The van der Waals surface area contributed by atoms with E-state index in [1.165, 1.54) is 18.4 Å². The molecular weight excluding hydrogens is 232 g/mol. The summed E-state index contributed by atoms with van der Waals surface area (Å²) < 4.78 is 1.22. The van der Waals surface area contributed by atoms with E-state index in [-0.39, 0.29) is 4.75 Å². The van der Waals surface area contributed by atoms with Gasteiger partial charge in [0.25, 0.3) is 0 Å². The van der Waals surface area contributed by atoms with Crippen LogP contribution in [0.1, 0.15) is 45.6 Å². The molecule has 0 aliphatic heterocycles. The lowest BCUT2D eigenvalue weighted by Crippen LogP contribution is -2.14. The van der Waals surface area contributed by atoms with E-state index < -0.39 is 0 Å². The van der Waals surface area contributed by atoms with Crippen LogP contribution in [0.15, 0.2) is 30.3 Å². The molecule has 16 heavy (non-hydrogen) atoms. The molecule has 0 atom stereocenters. The standard InChI is InChI=1S/C14H20S2/c1-4-5-11-13(15)16-14(2,3)12-9-7-6-8-10-12/h6-10H,4-5,11H2,1-3H3. The Bertz CT molecular complexity index is 328. The predicted molar refractivity (Wildman–Crippen MR) is 79.2 cm³/mol. The number of thioether (sulfide) groups is 1. The molecule has 88 valence electrons. The lowest BCUT2D eigenvalue weighted by molar-refractivity contribution is 0.786. The van der Waals surface area contributed by atoms with Crippen molar-refractivity contribution in [1.82, 2.24) is 0 Å². The summed E-state index contributed by atoms with van der Waals surface area (Å²) in [6, 6.07) is 10.6. The molecule has 1 rings (SSSR count). The number of unbranched alkanes of at least 4 members (excludes halogenated alkanes) is 1. The van der Waals surface area contributed by atoms with Gasteiger partial charge >= 0.3 is 0 Å². The molecule has 0 N–H and O–H groups in total. The molecule has 0 saturated carbocycles. The van der Waals surface area contributed by atoms with Gasteiger partial charge in [0.1, 0.15) is 0 Å². The van der Waals surface area contributed by atoms with E-state index in [0.717, 1.165) is 10.6 Å². The van der Waals surface area contributed by atoms with Crippen LogP contribution in [0.25, 0.3) is 0 Å². The number of hydrogen-bond acceptors (Lipinski definition) is 2. The van der Waals surface area contributed by atoms with E-state index in [2.05, 4.69) is 51.1 Å².